The zero-order valence-corrected chi connectivity index (χ0v) is 11.5. The number of halogens is 3. The van der Waals surface area contributed by atoms with E-state index in [-0.39, 0.29) is 11.6 Å². The molecule has 0 N–H and O–H groups in total. The molecule has 1 atom stereocenters. The second-order valence-corrected chi connectivity index (χ2v) is 5.94. The van der Waals surface area contributed by atoms with Crippen LogP contribution in [0.5, 0.6) is 0 Å². The van der Waals surface area contributed by atoms with Crippen molar-refractivity contribution < 1.29 is 18.0 Å². The molecule has 1 heterocycles. The van der Waals surface area contributed by atoms with Crippen molar-refractivity contribution in [1.29, 1.82) is 0 Å². The van der Waals surface area contributed by atoms with Crippen molar-refractivity contribution in [3.63, 3.8) is 0 Å². The Labute approximate surface area is 113 Å². The van der Waals surface area contributed by atoms with E-state index in [1.54, 1.807) is 13.8 Å². The molecule has 106 valence electrons. The highest BCUT2D eigenvalue weighted by Crippen LogP contribution is 2.36. The van der Waals surface area contributed by atoms with Crippen molar-refractivity contribution in [2.24, 2.45) is 5.92 Å². The van der Waals surface area contributed by atoms with Crippen molar-refractivity contribution in [2.45, 2.75) is 38.9 Å². The maximum Gasteiger partial charge on any atom is 0.406 e. The van der Waals surface area contributed by atoms with Gasteiger partial charge in [0.05, 0.1) is 5.01 Å². The summed E-state index contributed by atoms with van der Waals surface area (Å²) in [7, 11) is 0. The number of thiazole rings is 1. The summed E-state index contributed by atoms with van der Waals surface area (Å²) in [6.07, 6.45) is -2.61. The van der Waals surface area contributed by atoms with E-state index in [2.05, 4.69) is 4.98 Å². The number of alkyl halides is 3. The summed E-state index contributed by atoms with van der Waals surface area (Å²) in [5, 5.41) is 2.19. The fourth-order valence-electron chi connectivity index (χ4n) is 2.04. The Balaban J connectivity index is 2.18. The van der Waals surface area contributed by atoms with Gasteiger partial charge in [-0.2, -0.15) is 13.2 Å². The monoisotopic (exact) mass is 292 g/mol. The normalized spacial score (nSPS) is 17.3. The molecule has 1 aromatic heterocycles. The zero-order chi connectivity index (χ0) is 14.2. The molecule has 1 aliphatic rings. The lowest BCUT2D eigenvalue weighted by Crippen LogP contribution is -2.45. The molecular formula is C12H15F3N2OS. The summed E-state index contributed by atoms with van der Waals surface area (Å²) in [6.45, 7) is 2.19. The van der Waals surface area contributed by atoms with Gasteiger partial charge in [0.1, 0.15) is 12.2 Å². The summed E-state index contributed by atoms with van der Waals surface area (Å²) < 4.78 is 37.9. The summed E-state index contributed by atoms with van der Waals surface area (Å²) in [6, 6.07) is -0.392. The molecule has 1 saturated carbocycles. The Morgan fingerprint density at radius 1 is 1.58 bits per heavy atom. The minimum absolute atomic E-state index is 0.110. The molecule has 7 heteroatoms. The van der Waals surface area contributed by atoms with Gasteiger partial charge in [-0.05, 0) is 32.6 Å². The maximum atomic E-state index is 12.6. The van der Waals surface area contributed by atoms with Crippen molar-refractivity contribution >= 4 is 17.2 Å². The lowest BCUT2D eigenvalue weighted by Gasteiger charge is -2.29. The van der Waals surface area contributed by atoms with Gasteiger partial charge >= 0.3 is 6.18 Å². The zero-order valence-electron chi connectivity index (χ0n) is 10.7. The summed E-state index contributed by atoms with van der Waals surface area (Å²) in [4.78, 5) is 17.1. The van der Waals surface area contributed by atoms with Gasteiger partial charge < -0.3 is 4.90 Å². The smallest absolute Gasteiger partial charge is 0.325 e. The second kappa shape index (κ2) is 5.11. The number of nitrogens with zero attached hydrogens (tertiary/aromatic N) is 2. The molecule has 3 nitrogen and oxygen atoms in total. The predicted molar refractivity (Wildman–Crippen MR) is 66.1 cm³/mol. The van der Waals surface area contributed by atoms with Gasteiger partial charge in [-0.1, -0.05) is 0 Å². The molecule has 19 heavy (non-hydrogen) atoms. The van der Waals surface area contributed by atoms with Crippen LogP contribution in [0.1, 0.15) is 35.3 Å². The number of aryl methyl sites for hydroxylation is 1. The third-order valence-electron chi connectivity index (χ3n) is 3.24. The Kier molecular flexibility index (Phi) is 3.85. The van der Waals surface area contributed by atoms with Gasteiger partial charge in [0.2, 0.25) is 0 Å². The molecule has 0 aromatic carbocycles. The van der Waals surface area contributed by atoms with Crippen LogP contribution in [0.25, 0.3) is 0 Å². The largest absolute Gasteiger partial charge is 0.406 e. The third-order valence-corrected chi connectivity index (χ3v) is 4.02. The lowest BCUT2D eigenvalue weighted by molar-refractivity contribution is -0.144. The Morgan fingerprint density at radius 3 is 2.63 bits per heavy atom. The minimum Gasteiger partial charge on any atom is -0.325 e. The van der Waals surface area contributed by atoms with Crippen LogP contribution in [-0.4, -0.2) is 34.6 Å². The lowest BCUT2D eigenvalue weighted by atomic mass is 10.1. The Bertz CT molecular complexity index is 468. The molecule has 1 aliphatic carbocycles. The van der Waals surface area contributed by atoms with Crippen LogP contribution in [0.15, 0.2) is 5.38 Å². The highest BCUT2D eigenvalue weighted by Gasteiger charge is 2.41. The number of hydrogen-bond acceptors (Lipinski definition) is 3. The van der Waals surface area contributed by atoms with E-state index in [1.165, 1.54) is 16.7 Å². The van der Waals surface area contributed by atoms with Gasteiger partial charge in [0.25, 0.3) is 5.91 Å². The van der Waals surface area contributed by atoms with E-state index in [0.29, 0.717) is 5.01 Å². The molecule has 0 spiro atoms. The maximum absolute atomic E-state index is 12.6. The van der Waals surface area contributed by atoms with Crippen molar-refractivity contribution in [1.82, 2.24) is 9.88 Å². The van der Waals surface area contributed by atoms with E-state index in [1.807, 2.05) is 0 Å². The van der Waals surface area contributed by atoms with Gasteiger partial charge in [0.15, 0.2) is 0 Å². The fraction of sp³-hybridized carbons (Fsp3) is 0.667. The third kappa shape index (κ3) is 3.68. The number of hydrogen-bond donors (Lipinski definition) is 0. The highest BCUT2D eigenvalue weighted by molar-refractivity contribution is 7.09. The summed E-state index contributed by atoms with van der Waals surface area (Å²) in [5.41, 5.74) is 0.110. The van der Waals surface area contributed by atoms with Gasteiger partial charge in [-0.3, -0.25) is 4.79 Å². The van der Waals surface area contributed by atoms with E-state index in [4.69, 9.17) is 0 Å². The fourth-order valence-corrected chi connectivity index (χ4v) is 2.62. The van der Waals surface area contributed by atoms with Crippen LogP contribution in [0.3, 0.4) is 0 Å². The Morgan fingerprint density at radius 2 is 2.21 bits per heavy atom. The first kappa shape index (κ1) is 14.3. The minimum atomic E-state index is -4.39. The van der Waals surface area contributed by atoms with E-state index in [9.17, 15) is 18.0 Å². The van der Waals surface area contributed by atoms with Crippen molar-refractivity contribution in [3.05, 3.63) is 16.1 Å². The first-order chi connectivity index (χ1) is 8.78. The molecule has 1 unspecified atom stereocenters. The molecule has 0 saturated heterocycles. The number of rotatable bonds is 4. The summed E-state index contributed by atoms with van der Waals surface area (Å²) in [5.74, 6) is -0.438. The van der Waals surface area contributed by atoms with E-state index < -0.39 is 24.7 Å². The first-order valence-corrected chi connectivity index (χ1v) is 6.96. The SMILES string of the molecule is Cc1nc(C(=O)N(CC(F)(F)F)C(C)C2CC2)cs1. The Hall–Kier alpha value is -1.11. The first-order valence-electron chi connectivity index (χ1n) is 6.08. The topological polar surface area (TPSA) is 33.2 Å². The van der Waals surface area contributed by atoms with Crippen LogP contribution in [0, 0.1) is 12.8 Å². The average molecular weight is 292 g/mol. The second-order valence-electron chi connectivity index (χ2n) is 4.88. The molecule has 0 aliphatic heterocycles. The van der Waals surface area contributed by atoms with Crippen LogP contribution in [0.4, 0.5) is 13.2 Å². The predicted octanol–water partition coefficient (Wildman–Crippen LogP) is 3.25. The molecular weight excluding hydrogens is 277 g/mol. The van der Waals surface area contributed by atoms with E-state index >= 15 is 0 Å². The van der Waals surface area contributed by atoms with Crippen molar-refractivity contribution in [3.8, 4) is 0 Å². The van der Waals surface area contributed by atoms with Crippen LogP contribution in [-0.2, 0) is 0 Å². The standard InChI is InChI=1S/C12H15F3N2OS/c1-7(9-3-4-9)17(6-12(13,14)15)11(18)10-5-19-8(2)16-10/h5,7,9H,3-4,6H2,1-2H3. The number of aromatic nitrogens is 1. The summed E-state index contributed by atoms with van der Waals surface area (Å²) >= 11 is 1.26. The average Bonchev–Trinajstić information content (AvgIpc) is 3.06. The van der Waals surface area contributed by atoms with Gasteiger partial charge in [-0.25, -0.2) is 4.98 Å². The van der Waals surface area contributed by atoms with Crippen LogP contribution >= 0.6 is 11.3 Å². The van der Waals surface area contributed by atoms with E-state index in [0.717, 1.165) is 17.7 Å². The van der Waals surface area contributed by atoms with Crippen LogP contribution < -0.4 is 0 Å². The molecule has 0 radical (unpaired) electrons. The molecule has 1 amide bonds. The van der Waals surface area contributed by atoms with Gasteiger partial charge in [0, 0.05) is 11.4 Å². The quantitative estimate of drug-likeness (QED) is 0.853. The number of amides is 1. The number of carbonyl (C=O) groups excluding carboxylic acids is 1. The molecule has 0 bridgehead atoms. The molecule has 1 aromatic rings. The molecule has 2 rings (SSSR count). The van der Waals surface area contributed by atoms with Crippen LogP contribution in [0.2, 0.25) is 0 Å². The van der Waals surface area contributed by atoms with Crippen molar-refractivity contribution in [2.75, 3.05) is 6.54 Å². The van der Waals surface area contributed by atoms with Gasteiger partial charge in [-0.15, -0.1) is 11.3 Å². The molecule has 1 fully saturated rings. The number of carbonyl (C=O) groups is 1. The highest BCUT2D eigenvalue weighted by atomic mass is 32.1.